The Morgan fingerprint density at radius 3 is 2.00 bits per heavy atom. The molecular weight excluding hydrogens is 125 g/mol. The Bertz CT molecular complexity index is 72.9. The van der Waals surface area contributed by atoms with E-state index >= 15 is 0 Å². The zero-order chi connectivity index (χ0) is 6.78. The van der Waals surface area contributed by atoms with Crippen molar-refractivity contribution in [2.45, 2.75) is 19.2 Å². The Kier molecular flexibility index (Phi) is 2.24. The maximum atomic E-state index is 11.4. The second-order valence-electron chi connectivity index (χ2n) is 1.27. The lowest BCUT2D eigenvalue weighted by Gasteiger charge is -2.11. The van der Waals surface area contributed by atoms with Crippen LogP contribution in [0.5, 0.6) is 0 Å². The summed E-state index contributed by atoms with van der Waals surface area (Å²) < 4.78 is 34.3. The molecule has 0 spiro atoms. The van der Waals surface area contributed by atoms with E-state index in [0.29, 0.717) is 6.92 Å². The highest BCUT2D eigenvalue weighted by atomic mass is 19.3. The van der Waals surface area contributed by atoms with Gasteiger partial charge in [0.1, 0.15) is 0 Å². The number of halogens is 3. The first-order chi connectivity index (χ1) is 3.50. The Balaban J connectivity index is 3.71. The predicted molar refractivity (Wildman–Crippen MR) is 19.2 cm³/mol. The zero-order valence-corrected chi connectivity index (χ0v) is 4.07. The van der Waals surface area contributed by atoms with E-state index in [1.165, 1.54) is 0 Å². The molecule has 2 nitrogen and oxygen atoms in total. The van der Waals surface area contributed by atoms with Crippen molar-refractivity contribution in [3.8, 4) is 0 Å². The second kappa shape index (κ2) is 2.32. The molecule has 0 aromatic rings. The molecular formula is C3H5F3O2. The minimum Gasteiger partial charge on any atom is -0.246 e. The van der Waals surface area contributed by atoms with Crippen molar-refractivity contribution in [1.29, 1.82) is 0 Å². The van der Waals surface area contributed by atoms with E-state index in [1.54, 1.807) is 0 Å². The average Bonchev–Trinajstić information content (AvgIpc) is 1.67. The Morgan fingerprint density at radius 1 is 1.62 bits per heavy atom. The molecule has 1 unspecified atom stereocenters. The van der Waals surface area contributed by atoms with Crippen molar-refractivity contribution < 1.29 is 23.3 Å². The van der Waals surface area contributed by atoms with Crippen molar-refractivity contribution in [1.82, 2.24) is 0 Å². The van der Waals surface area contributed by atoms with E-state index in [9.17, 15) is 13.2 Å². The van der Waals surface area contributed by atoms with E-state index in [4.69, 9.17) is 5.26 Å². The van der Waals surface area contributed by atoms with Crippen molar-refractivity contribution in [2.75, 3.05) is 0 Å². The van der Waals surface area contributed by atoms with Gasteiger partial charge in [0.05, 0.1) is 0 Å². The normalized spacial score (nSPS) is 16.1. The molecule has 0 fully saturated rings. The van der Waals surface area contributed by atoms with Gasteiger partial charge in [0, 0.05) is 0 Å². The van der Waals surface area contributed by atoms with Crippen molar-refractivity contribution in [3.05, 3.63) is 0 Å². The average molecular weight is 130 g/mol. The predicted octanol–water partition coefficient (Wildman–Crippen LogP) is 1.43. The molecule has 0 aliphatic heterocycles. The van der Waals surface area contributed by atoms with Gasteiger partial charge in [-0.3, -0.25) is 0 Å². The number of hydrogen-bond donors (Lipinski definition) is 1. The highest BCUT2D eigenvalue weighted by molar-refractivity contribution is 4.57. The molecule has 0 heterocycles. The van der Waals surface area contributed by atoms with Gasteiger partial charge in [-0.05, 0) is 6.92 Å². The molecule has 5 heteroatoms. The van der Waals surface area contributed by atoms with Crippen molar-refractivity contribution in [2.24, 2.45) is 0 Å². The summed E-state index contributed by atoms with van der Waals surface area (Å²) in [7, 11) is 0. The fourth-order valence-electron chi connectivity index (χ4n) is 0.0726. The van der Waals surface area contributed by atoms with Gasteiger partial charge in [-0.25, -0.2) is 9.65 Å². The van der Waals surface area contributed by atoms with Crippen LogP contribution in [0.2, 0.25) is 0 Å². The van der Waals surface area contributed by atoms with Gasteiger partial charge in [0.25, 0.3) is 0 Å². The number of hydrogen-bond acceptors (Lipinski definition) is 2. The lowest BCUT2D eigenvalue weighted by molar-refractivity contribution is -0.428. The quantitative estimate of drug-likeness (QED) is 0.452. The summed E-state index contributed by atoms with van der Waals surface area (Å²) in [6.07, 6.45) is -6.56. The van der Waals surface area contributed by atoms with Gasteiger partial charge in [-0.15, -0.1) is 0 Å². The van der Waals surface area contributed by atoms with E-state index in [0.717, 1.165) is 0 Å². The largest absolute Gasteiger partial charge is 0.411 e. The highest BCUT2D eigenvalue weighted by Crippen LogP contribution is 2.20. The topological polar surface area (TPSA) is 29.5 Å². The summed E-state index contributed by atoms with van der Waals surface area (Å²) in [6.45, 7) is 0.580. The molecule has 0 aliphatic carbocycles. The minimum absolute atomic E-state index is 0.580. The highest BCUT2D eigenvalue weighted by Gasteiger charge is 2.38. The molecule has 0 amide bonds. The SMILES string of the molecule is CC(F)C(F)(F)OO. The monoisotopic (exact) mass is 130 g/mol. The van der Waals surface area contributed by atoms with Crippen LogP contribution in [0.25, 0.3) is 0 Å². The third-order valence-corrected chi connectivity index (χ3v) is 0.585. The summed E-state index contributed by atoms with van der Waals surface area (Å²) in [4.78, 5) is 2.49. The Morgan fingerprint density at radius 2 is 2.00 bits per heavy atom. The minimum atomic E-state index is -4.07. The standard InChI is InChI=1S/C3H5F3O2/c1-2(4)3(5,6)8-7/h2,7H,1H3. The first-order valence-electron chi connectivity index (χ1n) is 1.85. The van der Waals surface area contributed by atoms with Crippen LogP contribution in [0.15, 0.2) is 0 Å². The maximum absolute atomic E-state index is 11.4. The maximum Gasteiger partial charge on any atom is 0.411 e. The third kappa shape index (κ3) is 1.67. The second-order valence-corrected chi connectivity index (χ2v) is 1.27. The molecule has 1 N–H and O–H groups in total. The van der Waals surface area contributed by atoms with Crippen LogP contribution in [-0.4, -0.2) is 17.5 Å². The van der Waals surface area contributed by atoms with E-state index < -0.39 is 12.3 Å². The number of alkyl halides is 3. The summed E-state index contributed by atoms with van der Waals surface area (Å²) in [5.41, 5.74) is 0. The summed E-state index contributed by atoms with van der Waals surface area (Å²) in [5.74, 6) is 0. The van der Waals surface area contributed by atoms with Gasteiger partial charge in [0.15, 0.2) is 6.17 Å². The van der Waals surface area contributed by atoms with Crippen LogP contribution in [-0.2, 0) is 4.89 Å². The van der Waals surface area contributed by atoms with Crippen LogP contribution >= 0.6 is 0 Å². The fourth-order valence-corrected chi connectivity index (χ4v) is 0.0726. The Labute approximate surface area is 43.8 Å². The fraction of sp³-hybridized carbons (Fsp3) is 1.00. The van der Waals surface area contributed by atoms with Crippen LogP contribution in [0.1, 0.15) is 6.92 Å². The summed E-state index contributed by atoms with van der Waals surface area (Å²) >= 11 is 0. The van der Waals surface area contributed by atoms with Crippen LogP contribution in [0.3, 0.4) is 0 Å². The summed E-state index contributed by atoms with van der Waals surface area (Å²) in [6, 6.07) is 0. The van der Waals surface area contributed by atoms with Crippen molar-refractivity contribution in [3.63, 3.8) is 0 Å². The van der Waals surface area contributed by atoms with Gasteiger partial charge in [-0.2, -0.15) is 13.7 Å². The van der Waals surface area contributed by atoms with Gasteiger partial charge < -0.3 is 0 Å². The lowest BCUT2D eigenvalue weighted by Crippen LogP contribution is -2.29. The molecule has 0 aliphatic rings. The van der Waals surface area contributed by atoms with Crippen LogP contribution < -0.4 is 0 Å². The zero-order valence-electron chi connectivity index (χ0n) is 4.07. The molecule has 0 rings (SSSR count). The lowest BCUT2D eigenvalue weighted by atomic mass is 10.4. The molecule has 0 aromatic carbocycles. The molecule has 50 valence electrons. The van der Waals surface area contributed by atoms with E-state index in [2.05, 4.69) is 4.89 Å². The molecule has 8 heavy (non-hydrogen) atoms. The molecule has 0 saturated heterocycles. The first-order valence-corrected chi connectivity index (χ1v) is 1.85. The van der Waals surface area contributed by atoms with E-state index in [1.807, 2.05) is 0 Å². The first kappa shape index (κ1) is 7.71. The molecule has 0 saturated carbocycles. The van der Waals surface area contributed by atoms with Gasteiger partial charge >= 0.3 is 6.11 Å². The molecule has 0 aromatic heterocycles. The summed E-state index contributed by atoms with van der Waals surface area (Å²) in [5, 5.41) is 7.27. The van der Waals surface area contributed by atoms with Gasteiger partial charge in [0.2, 0.25) is 0 Å². The molecule has 1 atom stereocenters. The van der Waals surface area contributed by atoms with E-state index in [-0.39, 0.29) is 0 Å². The van der Waals surface area contributed by atoms with Crippen LogP contribution in [0, 0.1) is 0 Å². The smallest absolute Gasteiger partial charge is 0.246 e. The molecule has 0 radical (unpaired) electrons. The third-order valence-electron chi connectivity index (χ3n) is 0.585. The number of rotatable bonds is 2. The Hall–Kier alpha value is -0.290. The molecule has 0 bridgehead atoms. The van der Waals surface area contributed by atoms with Crippen molar-refractivity contribution >= 4 is 0 Å². The van der Waals surface area contributed by atoms with Crippen LogP contribution in [0.4, 0.5) is 13.2 Å². The van der Waals surface area contributed by atoms with Gasteiger partial charge in [-0.1, -0.05) is 0 Å².